The van der Waals surface area contributed by atoms with E-state index in [1.165, 1.54) is 11.3 Å². The summed E-state index contributed by atoms with van der Waals surface area (Å²) in [5.74, 6) is 0. The molecule has 1 aromatic heterocycles. The van der Waals surface area contributed by atoms with Crippen LogP contribution in [0.5, 0.6) is 0 Å². The van der Waals surface area contributed by atoms with Crippen LogP contribution >= 0.6 is 11.3 Å². The molecule has 0 aliphatic carbocycles. The van der Waals surface area contributed by atoms with Crippen LogP contribution in [-0.2, 0) is 16.4 Å². The van der Waals surface area contributed by atoms with Gasteiger partial charge in [-0.25, -0.2) is 8.42 Å². The first-order valence-electron chi connectivity index (χ1n) is 8.09. The zero-order valence-electron chi connectivity index (χ0n) is 14.5. The molecule has 0 atom stereocenters. The average Bonchev–Trinajstić information content (AvgIpc) is 2.94. The summed E-state index contributed by atoms with van der Waals surface area (Å²) in [4.78, 5) is 1.39. The maximum atomic E-state index is 13.3. The molecule has 5 heteroatoms. The summed E-state index contributed by atoms with van der Waals surface area (Å²) in [6.45, 7) is 4.68. The van der Waals surface area contributed by atoms with Gasteiger partial charge in [-0.2, -0.15) is 0 Å². The second-order valence-electron chi connectivity index (χ2n) is 5.97. The highest BCUT2D eigenvalue weighted by Gasteiger charge is 2.28. The molecule has 0 aliphatic rings. The molecular formula is C20H21NO2S2. The molecule has 1 heterocycles. The van der Waals surface area contributed by atoms with E-state index in [0.717, 1.165) is 27.1 Å². The fourth-order valence-corrected chi connectivity index (χ4v) is 6.27. The molecule has 0 radical (unpaired) electrons. The van der Waals surface area contributed by atoms with Crippen LogP contribution in [-0.4, -0.2) is 15.5 Å². The monoisotopic (exact) mass is 371 g/mol. The van der Waals surface area contributed by atoms with Crippen LogP contribution in [0.2, 0.25) is 0 Å². The van der Waals surface area contributed by atoms with Crippen LogP contribution < -0.4 is 5.32 Å². The Hall–Kier alpha value is -1.95. The Kier molecular flexibility index (Phi) is 5.08. The lowest BCUT2D eigenvalue weighted by Crippen LogP contribution is -2.04. The molecule has 1 N–H and O–H groups in total. The summed E-state index contributed by atoms with van der Waals surface area (Å²) in [7, 11) is -1.69. The molecule has 0 bridgehead atoms. The lowest BCUT2D eigenvalue weighted by atomic mass is 9.99. The van der Waals surface area contributed by atoms with Crippen molar-refractivity contribution in [3.05, 3.63) is 70.6 Å². The number of benzene rings is 2. The van der Waals surface area contributed by atoms with Crippen LogP contribution in [0.4, 0.5) is 0 Å². The number of rotatable bonds is 5. The van der Waals surface area contributed by atoms with Gasteiger partial charge in [-0.05, 0) is 49.7 Å². The Labute approximate surface area is 153 Å². The van der Waals surface area contributed by atoms with E-state index in [4.69, 9.17) is 0 Å². The number of hydrogen-bond acceptors (Lipinski definition) is 4. The number of hydrogen-bond donors (Lipinski definition) is 1. The van der Waals surface area contributed by atoms with Crippen molar-refractivity contribution in [3.8, 4) is 11.1 Å². The van der Waals surface area contributed by atoms with Gasteiger partial charge in [0.25, 0.3) is 0 Å². The summed E-state index contributed by atoms with van der Waals surface area (Å²) in [6.07, 6.45) is 0. The molecule has 0 spiro atoms. The van der Waals surface area contributed by atoms with E-state index in [9.17, 15) is 8.42 Å². The van der Waals surface area contributed by atoms with E-state index < -0.39 is 9.84 Å². The van der Waals surface area contributed by atoms with Gasteiger partial charge in [0, 0.05) is 17.0 Å². The average molecular weight is 372 g/mol. The summed E-state index contributed by atoms with van der Waals surface area (Å²) in [5, 5.41) is 3.14. The highest BCUT2D eigenvalue weighted by molar-refractivity contribution is 7.93. The molecule has 0 fully saturated rings. The van der Waals surface area contributed by atoms with Gasteiger partial charge in [0.1, 0.15) is 4.21 Å². The topological polar surface area (TPSA) is 46.2 Å². The molecular weight excluding hydrogens is 350 g/mol. The molecule has 3 nitrogen and oxygen atoms in total. The van der Waals surface area contributed by atoms with Crippen molar-refractivity contribution < 1.29 is 8.42 Å². The third kappa shape index (κ3) is 3.27. The van der Waals surface area contributed by atoms with Crippen molar-refractivity contribution in [1.29, 1.82) is 0 Å². The molecule has 0 amide bonds. The predicted octanol–water partition coefficient (Wildman–Crippen LogP) is 4.58. The summed E-state index contributed by atoms with van der Waals surface area (Å²) in [6, 6.07) is 16.6. The first-order valence-corrected chi connectivity index (χ1v) is 10.4. The quantitative estimate of drug-likeness (QED) is 0.714. The Morgan fingerprint density at radius 2 is 1.60 bits per heavy atom. The van der Waals surface area contributed by atoms with Gasteiger partial charge in [0.15, 0.2) is 0 Å². The van der Waals surface area contributed by atoms with Gasteiger partial charge in [-0.3, -0.25) is 0 Å². The number of sulfone groups is 1. The minimum Gasteiger partial charge on any atom is -0.315 e. The van der Waals surface area contributed by atoms with Crippen molar-refractivity contribution in [2.75, 3.05) is 7.05 Å². The van der Waals surface area contributed by atoms with Crippen LogP contribution in [0.1, 0.15) is 16.0 Å². The Bertz CT molecular complexity index is 990. The molecule has 3 rings (SSSR count). The SMILES string of the molecule is CNCc1sc(S(=O)(=O)c2ccccc2)c(-c2ccccc2C)c1C. The Morgan fingerprint density at radius 3 is 2.24 bits per heavy atom. The highest BCUT2D eigenvalue weighted by atomic mass is 32.2. The second-order valence-corrected chi connectivity index (χ2v) is 9.22. The smallest absolute Gasteiger partial charge is 0.216 e. The second kappa shape index (κ2) is 7.12. The van der Waals surface area contributed by atoms with Crippen molar-refractivity contribution in [3.63, 3.8) is 0 Å². The van der Waals surface area contributed by atoms with Crippen LogP contribution in [0, 0.1) is 13.8 Å². The van der Waals surface area contributed by atoms with Gasteiger partial charge in [0.2, 0.25) is 9.84 Å². The molecule has 0 saturated heterocycles. The van der Waals surface area contributed by atoms with Crippen LogP contribution in [0.15, 0.2) is 63.7 Å². The van der Waals surface area contributed by atoms with E-state index in [0.29, 0.717) is 15.6 Å². The first kappa shape index (κ1) is 17.9. The Balaban J connectivity index is 2.30. The number of thiophene rings is 1. The molecule has 0 saturated carbocycles. The van der Waals surface area contributed by atoms with Gasteiger partial charge in [-0.15, -0.1) is 11.3 Å². The van der Waals surface area contributed by atoms with Crippen molar-refractivity contribution in [1.82, 2.24) is 5.32 Å². The maximum Gasteiger partial charge on any atom is 0.216 e. The van der Waals surface area contributed by atoms with E-state index in [1.54, 1.807) is 24.3 Å². The van der Waals surface area contributed by atoms with Crippen LogP contribution in [0.25, 0.3) is 11.1 Å². The fraction of sp³-hybridized carbons (Fsp3) is 0.200. The van der Waals surface area contributed by atoms with Gasteiger partial charge < -0.3 is 5.32 Å². The van der Waals surface area contributed by atoms with Gasteiger partial charge in [0.05, 0.1) is 4.90 Å². The minimum atomic E-state index is -3.56. The summed E-state index contributed by atoms with van der Waals surface area (Å²) >= 11 is 1.37. The lowest BCUT2D eigenvalue weighted by molar-refractivity contribution is 0.598. The molecule has 25 heavy (non-hydrogen) atoms. The zero-order chi connectivity index (χ0) is 18.0. The van der Waals surface area contributed by atoms with Gasteiger partial charge >= 0.3 is 0 Å². The normalized spacial score (nSPS) is 11.6. The molecule has 2 aromatic carbocycles. The summed E-state index contributed by atoms with van der Waals surface area (Å²) < 4.78 is 27.0. The maximum absolute atomic E-state index is 13.3. The van der Waals surface area contributed by atoms with Crippen molar-refractivity contribution >= 4 is 21.2 Å². The van der Waals surface area contributed by atoms with Gasteiger partial charge in [-0.1, -0.05) is 42.5 Å². The third-order valence-corrected chi connectivity index (χ3v) is 7.84. The van der Waals surface area contributed by atoms with E-state index in [1.807, 2.05) is 51.2 Å². The standard InChI is InChI=1S/C20H21NO2S2/c1-14-9-7-8-12-17(14)19-15(2)18(13-21-3)24-20(19)25(22,23)16-10-5-4-6-11-16/h4-12,21H,13H2,1-3H3. The molecule has 3 aromatic rings. The number of aryl methyl sites for hydroxylation is 1. The third-order valence-electron chi connectivity index (χ3n) is 4.26. The first-order chi connectivity index (χ1) is 12.0. The molecule has 0 unspecified atom stereocenters. The molecule has 130 valence electrons. The largest absolute Gasteiger partial charge is 0.315 e. The van der Waals surface area contributed by atoms with Crippen molar-refractivity contribution in [2.24, 2.45) is 0 Å². The fourth-order valence-electron chi connectivity index (χ4n) is 2.92. The van der Waals surface area contributed by atoms with Crippen molar-refractivity contribution in [2.45, 2.75) is 29.5 Å². The lowest BCUT2D eigenvalue weighted by Gasteiger charge is -2.10. The Morgan fingerprint density at radius 1 is 0.960 bits per heavy atom. The van der Waals surface area contributed by atoms with E-state index in [2.05, 4.69) is 5.32 Å². The number of nitrogens with one attached hydrogen (secondary N) is 1. The predicted molar refractivity (Wildman–Crippen MR) is 104 cm³/mol. The molecule has 0 aliphatic heterocycles. The van der Waals surface area contributed by atoms with E-state index >= 15 is 0 Å². The summed E-state index contributed by atoms with van der Waals surface area (Å²) in [5.41, 5.74) is 3.91. The van der Waals surface area contributed by atoms with E-state index in [-0.39, 0.29) is 0 Å². The highest BCUT2D eigenvalue weighted by Crippen LogP contribution is 2.42. The van der Waals surface area contributed by atoms with Crippen LogP contribution in [0.3, 0.4) is 0 Å². The zero-order valence-corrected chi connectivity index (χ0v) is 16.2. The minimum absolute atomic E-state index is 0.335.